The first-order valence-corrected chi connectivity index (χ1v) is 7.90. The second-order valence-corrected chi connectivity index (χ2v) is 5.55. The van der Waals surface area contributed by atoms with E-state index in [4.69, 9.17) is 0 Å². The van der Waals surface area contributed by atoms with Crippen molar-refractivity contribution in [1.82, 2.24) is 15.3 Å². The molecule has 19 heavy (non-hydrogen) atoms. The van der Waals surface area contributed by atoms with Crippen LogP contribution in [-0.2, 0) is 19.3 Å². The lowest BCUT2D eigenvalue weighted by Gasteiger charge is -2.19. The molecule has 0 spiro atoms. The molecule has 1 aliphatic carbocycles. The van der Waals surface area contributed by atoms with Crippen molar-refractivity contribution in [3.05, 3.63) is 23.3 Å². The van der Waals surface area contributed by atoms with Gasteiger partial charge < -0.3 is 5.32 Å². The summed E-state index contributed by atoms with van der Waals surface area (Å²) in [4.78, 5) is 9.09. The van der Waals surface area contributed by atoms with Gasteiger partial charge in [0.2, 0.25) is 0 Å². The Balaban J connectivity index is 2.14. The molecule has 3 heteroatoms. The van der Waals surface area contributed by atoms with Gasteiger partial charge in [0.15, 0.2) is 0 Å². The molecular weight excluding hydrogens is 234 g/mol. The van der Waals surface area contributed by atoms with E-state index < -0.39 is 0 Å². The van der Waals surface area contributed by atoms with E-state index in [2.05, 4.69) is 29.1 Å². The summed E-state index contributed by atoms with van der Waals surface area (Å²) >= 11 is 0. The van der Waals surface area contributed by atoms with Crippen molar-refractivity contribution in [3.8, 4) is 0 Å². The van der Waals surface area contributed by atoms with E-state index in [0.29, 0.717) is 6.04 Å². The minimum absolute atomic E-state index is 0.567. The smallest absolute Gasteiger partial charge is 0.115 e. The summed E-state index contributed by atoms with van der Waals surface area (Å²) in [5.74, 6) is 0. The highest BCUT2D eigenvalue weighted by molar-refractivity contribution is 5.26. The lowest BCUT2D eigenvalue weighted by Crippen LogP contribution is -2.31. The van der Waals surface area contributed by atoms with E-state index in [1.165, 1.54) is 55.5 Å². The van der Waals surface area contributed by atoms with E-state index in [1.807, 2.05) is 0 Å². The first-order chi connectivity index (χ1) is 9.35. The van der Waals surface area contributed by atoms with Gasteiger partial charge in [-0.05, 0) is 44.2 Å². The lowest BCUT2D eigenvalue weighted by atomic mass is 9.99. The highest BCUT2D eigenvalue weighted by Crippen LogP contribution is 2.22. The molecule has 0 saturated carbocycles. The van der Waals surface area contributed by atoms with Gasteiger partial charge in [-0.2, -0.15) is 0 Å². The topological polar surface area (TPSA) is 37.8 Å². The van der Waals surface area contributed by atoms with Crippen LogP contribution in [0.2, 0.25) is 0 Å². The van der Waals surface area contributed by atoms with Gasteiger partial charge in [0.1, 0.15) is 6.33 Å². The van der Waals surface area contributed by atoms with Crippen LogP contribution in [0.15, 0.2) is 6.33 Å². The molecule has 1 N–H and O–H groups in total. The summed E-state index contributed by atoms with van der Waals surface area (Å²) in [5, 5.41) is 3.59. The molecule has 0 fully saturated rings. The van der Waals surface area contributed by atoms with E-state index in [0.717, 1.165) is 19.4 Å². The van der Waals surface area contributed by atoms with Crippen molar-refractivity contribution in [2.24, 2.45) is 0 Å². The molecule has 1 aliphatic rings. The second-order valence-electron chi connectivity index (χ2n) is 5.55. The third kappa shape index (κ3) is 4.00. The number of rotatable bonds is 6. The number of aromatic nitrogens is 2. The van der Waals surface area contributed by atoms with Crippen LogP contribution in [0.1, 0.15) is 62.9 Å². The molecule has 0 bridgehead atoms. The first kappa shape index (κ1) is 14.4. The summed E-state index contributed by atoms with van der Waals surface area (Å²) in [7, 11) is 0. The van der Waals surface area contributed by atoms with E-state index >= 15 is 0 Å². The van der Waals surface area contributed by atoms with Gasteiger partial charge in [0.05, 0.1) is 0 Å². The third-order valence-electron chi connectivity index (χ3n) is 4.03. The van der Waals surface area contributed by atoms with Gasteiger partial charge in [-0.25, -0.2) is 9.97 Å². The Morgan fingerprint density at radius 1 is 1.16 bits per heavy atom. The zero-order chi connectivity index (χ0) is 13.5. The zero-order valence-corrected chi connectivity index (χ0v) is 12.4. The van der Waals surface area contributed by atoms with E-state index in [-0.39, 0.29) is 0 Å². The normalized spacial score (nSPS) is 16.7. The van der Waals surface area contributed by atoms with Gasteiger partial charge in [-0.15, -0.1) is 0 Å². The van der Waals surface area contributed by atoms with Gasteiger partial charge in [-0.3, -0.25) is 0 Å². The summed E-state index contributed by atoms with van der Waals surface area (Å²) in [6.45, 7) is 5.48. The maximum Gasteiger partial charge on any atom is 0.115 e. The monoisotopic (exact) mass is 261 g/mol. The summed E-state index contributed by atoms with van der Waals surface area (Å²) < 4.78 is 0. The Kier molecular flexibility index (Phi) is 5.77. The standard InChI is InChI=1S/C16H27N3/c1-3-8-13(17-4-2)11-16-14-9-6-5-7-10-15(14)18-12-19-16/h12-13,17H,3-11H2,1-2H3. The third-order valence-corrected chi connectivity index (χ3v) is 4.03. The van der Waals surface area contributed by atoms with Crippen LogP contribution in [0.4, 0.5) is 0 Å². The fourth-order valence-corrected chi connectivity index (χ4v) is 3.09. The van der Waals surface area contributed by atoms with Crippen LogP contribution in [-0.4, -0.2) is 22.6 Å². The Hall–Kier alpha value is -0.960. The molecule has 2 rings (SSSR count). The van der Waals surface area contributed by atoms with Crippen molar-refractivity contribution in [3.63, 3.8) is 0 Å². The number of fused-ring (bicyclic) bond motifs is 1. The molecule has 1 unspecified atom stereocenters. The van der Waals surface area contributed by atoms with Crippen LogP contribution in [0, 0.1) is 0 Å². The average Bonchev–Trinajstić information content (AvgIpc) is 2.65. The van der Waals surface area contributed by atoms with Gasteiger partial charge in [0, 0.05) is 23.9 Å². The molecule has 0 saturated heterocycles. The molecule has 1 aromatic rings. The molecule has 0 amide bonds. The Morgan fingerprint density at radius 3 is 2.79 bits per heavy atom. The summed E-state index contributed by atoms with van der Waals surface area (Å²) in [6.07, 6.45) is 11.5. The SMILES string of the molecule is CCCC(Cc1ncnc2c1CCCCC2)NCC. The van der Waals surface area contributed by atoms with Crippen molar-refractivity contribution in [1.29, 1.82) is 0 Å². The molecule has 0 aromatic carbocycles. The van der Waals surface area contributed by atoms with E-state index in [1.54, 1.807) is 6.33 Å². The van der Waals surface area contributed by atoms with Crippen molar-refractivity contribution in [2.45, 2.75) is 71.3 Å². The number of aryl methyl sites for hydroxylation is 1. The minimum atomic E-state index is 0.567. The quantitative estimate of drug-likeness (QED) is 0.800. The van der Waals surface area contributed by atoms with E-state index in [9.17, 15) is 0 Å². The van der Waals surface area contributed by atoms with Crippen LogP contribution in [0.25, 0.3) is 0 Å². The van der Waals surface area contributed by atoms with Gasteiger partial charge >= 0.3 is 0 Å². The Morgan fingerprint density at radius 2 is 2.00 bits per heavy atom. The van der Waals surface area contributed by atoms with Crippen LogP contribution < -0.4 is 5.32 Å². The van der Waals surface area contributed by atoms with Crippen LogP contribution in [0.3, 0.4) is 0 Å². The second kappa shape index (κ2) is 7.59. The predicted molar refractivity (Wildman–Crippen MR) is 79.4 cm³/mol. The van der Waals surface area contributed by atoms with Gasteiger partial charge in [-0.1, -0.05) is 26.7 Å². The highest BCUT2D eigenvalue weighted by Gasteiger charge is 2.17. The molecular formula is C16H27N3. The molecule has 1 heterocycles. The maximum atomic E-state index is 4.59. The van der Waals surface area contributed by atoms with Crippen molar-refractivity contribution in [2.75, 3.05) is 6.54 Å². The van der Waals surface area contributed by atoms with Crippen LogP contribution in [0.5, 0.6) is 0 Å². The number of hydrogen-bond acceptors (Lipinski definition) is 3. The fraction of sp³-hybridized carbons (Fsp3) is 0.750. The van der Waals surface area contributed by atoms with Crippen molar-refractivity contribution < 1.29 is 0 Å². The molecule has 1 aromatic heterocycles. The largest absolute Gasteiger partial charge is 0.314 e. The molecule has 1 atom stereocenters. The predicted octanol–water partition coefficient (Wildman–Crippen LogP) is 3.07. The van der Waals surface area contributed by atoms with Gasteiger partial charge in [0.25, 0.3) is 0 Å². The number of hydrogen-bond donors (Lipinski definition) is 1. The fourth-order valence-electron chi connectivity index (χ4n) is 3.09. The minimum Gasteiger partial charge on any atom is -0.314 e. The summed E-state index contributed by atoms with van der Waals surface area (Å²) in [5.41, 5.74) is 4.07. The van der Waals surface area contributed by atoms with Crippen LogP contribution >= 0.6 is 0 Å². The number of nitrogens with one attached hydrogen (secondary N) is 1. The molecule has 3 nitrogen and oxygen atoms in total. The Bertz CT molecular complexity index is 384. The van der Waals surface area contributed by atoms with Crippen molar-refractivity contribution >= 4 is 0 Å². The zero-order valence-electron chi connectivity index (χ0n) is 12.4. The number of nitrogens with zero attached hydrogens (tertiary/aromatic N) is 2. The lowest BCUT2D eigenvalue weighted by molar-refractivity contribution is 0.479. The number of likely N-dealkylation sites (N-methyl/N-ethyl adjacent to an activating group) is 1. The highest BCUT2D eigenvalue weighted by atomic mass is 14.9. The first-order valence-electron chi connectivity index (χ1n) is 7.90. The summed E-state index contributed by atoms with van der Waals surface area (Å²) in [6, 6.07) is 0.567. The molecule has 0 aliphatic heterocycles. The Labute approximate surface area is 117 Å². The molecule has 0 radical (unpaired) electrons. The maximum absolute atomic E-state index is 4.59. The average molecular weight is 261 g/mol. The molecule has 106 valence electrons.